The molecular weight excluding hydrogens is 284 g/mol. The summed E-state index contributed by atoms with van der Waals surface area (Å²) in [5, 5.41) is 8.84. The van der Waals surface area contributed by atoms with E-state index in [0.717, 1.165) is 43.1 Å². The van der Waals surface area contributed by atoms with Gasteiger partial charge in [0.1, 0.15) is 0 Å². The molecule has 21 heavy (non-hydrogen) atoms. The van der Waals surface area contributed by atoms with Crippen LogP contribution in [0.1, 0.15) is 11.1 Å². The van der Waals surface area contributed by atoms with Gasteiger partial charge in [-0.05, 0) is 37.1 Å². The lowest BCUT2D eigenvalue weighted by Gasteiger charge is -2.37. The number of anilines is 2. The molecule has 2 heterocycles. The number of para-hydroxylation sites is 1. The fraction of sp³-hybridized carbons (Fsp3) is 0.375. The van der Waals surface area contributed by atoms with Gasteiger partial charge in [-0.3, -0.25) is 0 Å². The fourth-order valence-electron chi connectivity index (χ4n) is 2.68. The third-order valence-corrected chi connectivity index (χ3v) is 4.50. The quantitative estimate of drug-likeness (QED) is 0.853. The lowest BCUT2D eigenvalue weighted by Crippen LogP contribution is -2.47. The molecule has 0 radical (unpaired) electrons. The van der Waals surface area contributed by atoms with Gasteiger partial charge in [0.2, 0.25) is 0 Å². The average molecular weight is 303 g/mol. The first-order valence-corrected chi connectivity index (χ1v) is 7.59. The predicted molar refractivity (Wildman–Crippen MR) is 87.4 cm³/mol. The van der Waals surface area contributed by atoms with E-state index in [0.29, 0.717) is 5.15 Å². The number of aromatic nitrogens is 2. The molecule has 0 atom stereocenters. The molecule has 0 unspecified atom stereocenters. The molecule has 1 fully saturated rings. The lowest BCUT2D eigenvalue weighted by molar-refractivity contribution is 0.641. The van der Waals surface area contributed by atoms with Crippen molar-refractivity contribution in [3.05, 3.63) is 46.6 Å². The van der Waals surface area contributed by atoms with Gasteiger partial charge in [-0.25, -0.2) is 0 Å². The Hall–Kier alpha value is -1.81. The molecule has 1 aromatic carbocycles. The van der Waals surface area contributed by atoms with E-state index in [2.05, 4.69) is 57.3 Å². The minimum Gasteiger partial charge on any atom is -0.368 e. The minimum atomic E-state index is 0.499. The number of halogens is 1. The van der Waals surface area contributed by atoms with E-state index in [4.69, 9.17) is 11.6 Å². The van der Waals surface area contributed by atoms with Crippen molar-refractivity contribution in [1.82, 2.24) is 10.2 Å². The summed E-state index contributed by atoms with van der Waals surface area (Å²) in [5.74, 6) is 0.963. The van der Waals surface area contributed by atoms with E-state index in [1.807, 2.05) is 6.92 Å². The molecule has 0 spiro atoms. The van der Waals surface area contributed by atoms with Crippen molar-refractivity contribution in [3.8, 4) is 0 Å². The molecule has 110 valence electrons. The number of nitrogens with zero attached hydrogens (tertiary/aromatic N) is 4. The molecule has 5 heteroatoms. The van der Waals surface area contributed by atoms with Gasteiger partial charge in [0.05, 0.1) is 0 Å². The molecule has 0 amide bonds. The first kappa shape index (κ1) is 14.1. The number of benzene rings is 1. The lowest BCUT2D eigenvalue weighted by atomic mass is 10.1. The second kappa shape index (κ2) is 5.90. The molecule has 0 bridgehead atoms. The van der Waals surface area contributed by atoms with Crippen LogP contribution in [0.25, 0.3) is 0 Å². The van der Waals surface area contributed by atoms with Crippen molar-refractivity contribution >= 4 is 23.1 Å². The summed E-state index contributed by atoms with van der Waals surface area (Å²) in [6, 6.07) is 10.5. The summed E-state index contributed by atoms with van der Waals surface area (Å²) in [6.07, 6.45) is 0. The van der Waals surface area contributed by atoms with Gasteiger partial charge in [-0.2, -0.15) is 0 Å². The smallest absolute Gasteiger partial charge is 0.155 e. The molecule has 1 aliphatic heterocycles. The summed E-state index contributed by atoms with van der Waals surface area (Å²) in [5.41, 5.74) is 3.43. The first-order valence-electron chi connectivity index (χ1n) is 7.21. The number of rotatable bonds is 2. The van der Waals surface area contributed by atoms with Gasteiger partial charge in [0.25, 0.3) is 0 Å². The van der Waals surface area contributed by atoms with Crippen molar-refractivity contribution in [2.24, 2.45) is 0 Å². The monoisotopic (exact) mass is 302 g/mol. The van der Waals surface area contributed by atoms with Crippen molar-refractivity contribution < 1.29 is 0 Å². The third-order valence-electron chi connectivity index (χ3n) is 4.14. The normalized spacial score (nSPS) is 15.4. The number of piperazine rings is 1. The Labute approximate surface area is 130 Å². The Morgan fingerprint density at radius 1 is 0.857 bits per heavy atom. The maximum atomic E-state index is 6.03. The largest absolute Gasteiger partial charge is 0.368 e. The van der Waals surface area contributed by atoms with E-state index in [1.54, 1.807) is 0 Å². The van der Waals surface area contributed by atoms with Crippen LogP contribution in [-0.2, 0) is 0 Å². The number of hydrogen-bond acceptors (Lipinski definition) is 4. The SMILES string of the molecule is Cc1c(Cl)nnc(N2CCN(c3ccccc3)CC2)c1C. The first-order chi connectivity index (χ1) is 10.2. The summed E-state index contributed by atoms with van der Waals surface area (Å²) >= 11 is 6.03. The standard InChI is InChI=1S/C16H19ClN4/c1-12-13(2)16(19-18-15(12)17)21-10-8-20(9-11-21)14-6-4-3-5-7-14/h3-7H,8-11H2,1-2H3. The van der Waals surface area contributed by atoms with Crippen molar-refractivity contribution in [1.29, 1.82) is 0 Å². The molecule has 0 N–H and O–H groups in total. The Kier molecular flexibility index (Phi) is 3.97. The van der Waals surface area contributed by atoms with E-state index in [-0.39, 0.29) is 0 Å². The summed E-state index contributed by atoms with van der Waals surface area (Å²) < 4.78 is 0. The van der Waals surface area contributed by atoms with Gasteiger partial charge < -0.3 is 9.80 Å². The number of hydrogen-bond donors (Lipinski definition) is 0. The Morgan fingerprint density at radius 2 is 1.48 bits per heavy atom. The van der Waals surface area contributed by atoms with Crippen LogP contribution in [0.5, 0.6) is 0 Å². The maximum Gasteiger partial charge on any atom is 0.155 e. The molecule has 0 aliphatic carbocycles. The predicted octanol–water partition coefficient (Wildman–Crippen LogP) is 3.07. The van der Waals surface area contributed by atoms with Gasteiger partial charge in [0.15, 0.2) is 11.0 Å². The molecular formula is C16H19ClN4. The highest BCUT2D eigenvalue weighted by Gasteiger charge is 2.21. The highest BCUT2D eigenvalue weighted by molar-refractivity contribution is 6.30. The average Bonchev–Trinajstić information content (AvgIpc) is 2.54. The third kappa shape index (κ3) is 2.81. The molecule has 1 aliphatic rings. The van der Waals surface area contributed by atoms with Crippen LogP contribution in [0.15, 0.2) is 30.3 Å². The molecule has 1 saturated heterocycles. The topological polar surface area (TPSA) is 32.3 Å². The van der Waals surface area contributed by atoms with Gasteiger partial charge in [-0.15, -0.1) is 10.2 Å². The van der Waals surface area contributed by atoms with Crippen LogP contribution < -0.4 is 9.80 Å². The highest BCUT2D eigenvalue weighted by Crippen LogP contribution is 2.25. The zero-order chi connectivity index (χ0) is 14.8. The molecule has 4 nitrogen and oxygen atoms in total. The molecule has 2 aromatic rings. The second-order valence-corrected chi connectivity index (χ2v) is 5.73. The van der Waals surface area contributed by atoms with Crippen molar-refractivity contribution in [2.75, 3.05) is 36.0 Å². The van der Waals surface area contributed by atoms with Crippen LogP contribution in [0, 0.1) is 13.8 Å². The van der Waals surface area contributed by atoms with E-state index in [9.17, 15) is 0 Å². The fourth-order valence-corrected chi connectivity index (χ4v) is 2.86. The van der Waals surface area contributed by atoms with E-state index in [1.165, 1.54) is 5.69 Å². The maximum absolute atomic E-state index is 6.03. The van der Waals surface area contributed by atoms with Crippen LogP contribution in [0.3, 0.4) is 0 Å². The zero-order valence-corrected chi connectivity index (χ0v) is 13.1. The van der Waals surface area contributed by atoms with Crippen LogP contribution >= 0.6 is 11.6 Å². The molecule has 3 rings (SSSR count). The Bertz CT molecular complexity index is 622. The minimum absolute atomic E-state index is 0.499. The molecule has 1 aromatic heterocycles. The van der Waals surface area contributed by atoms with Gasteiger partial charge >= 0.3 is 0 Å². The summed E-state index contributed by atoms with van der Waals surface area (Å²) in [4.78, 5) is 4.70. The van der Waals surface area contributed by atoms with Crippen molar-refractivity contribution in [2.45, 2.75) is 13.8 Å². The Morgan fingerprint density at radius 3 is 2.14 bits per heavy atom. The Balaban J connectivity index is 1.73. The summed E-state index contributed by atoms with van der Waals surface area (Å²) in [6.45, 7) is 7.95. The summed E-state index contributed by atoms with van der Waals surface area (Å²) in [7, 11) is 0. The van der Waals surface area contributed by atoms with Crippen LogP contribution in [0.4, 0.5) is 11.5 Å². The van der Waals surface area contributed by atoms with E-state index < -0.39 is 0 Å². The van der Waals surface area contributed by atoms with Gasteiger partial charge in [-0.1, -0.05) is 29.8 Å². The van der Waals surface area contributed by atoms with Crippen LogP contribution in [-0.4, -0.2) is 36.4 Å². The van der Waals surface area contributed by atoms with Crippen LogP contribution in [0.2, 0.25) is 5.15 Å². The molecule has 0 saturated carbocycles. The van der Waals surface area contributed by atoms with Gasteiger partial charge in [0, 0.05) is 31.9 Å². The zero-order valence-electron chi connectivity index (χ0n) is 12.4. The highest BCUT2D eigenvalue weighted by atomic mass is 35.5. The van der Waals surface area contributed by atoms with Crippen molar-refractivity contribution in [3.63, 3.8) is 0 Å². The second-order valence-electron chi connectivity index (χ2n) is 5.37. The van der Waals surface area contributed by atoms with E-state index >= 15 is 0 Å².